The lowest BCUT2D eigenvalue weighted by Gasteiger charge is -2.19. The van der Waals surface area contributed by atoms with Crippen LogP contribution in [0.3, 0.4) is 0 Å². The number of para-hydroxylation sites is 1. The van der Waals surface area contributed by atoms with E-state index in [-0.39, 0.29) is 11.5 Å². The van der Waals surface area contributed by atoms with Crippen LogP contribution in [0.2, 0.25) is 0 Å². The van der Waals surface area contributed by atoms with Gasteiger partial charge in [-0.2, -0.15) is 5.10 Å². The predicted molar refractivity (Wildman–Crippen MR) is 118 cm³/mol. The number of pyridine rings is 1. The number of alkyl halides is 2. The molecule has 0 spiro atoms. The minimum atomic E-state index is -2.58. The fourth-order valence-electron chi connectivity index (χ4n) is 3.58. The smallest absolute Gasteiger partial charge is 0.263 e. The van der Waals surface area contributed by atoms with E-state index in [9.17, 15) is 13.6 Å². The van der Waals surface area contributed by atoms with Crippen LogP contribution < -0.4 is 4.74 Å². The first-order valence-electron chi connectivity index (χ1n) is 10.2. The highest BCUT2D eigenvalue weighted by atomic mass is 19.3. The van der Waals surface area contributed by atoms with Gasteiger partial charge < -0.3 is 9.64 Å². The first kappa shape index (κ1) is 21.4. The summed E-state index contributed by atoms with van der Waals surface area (Å²) in [6.45, 7) is 2.53. The van der Waals surface area contributed by atoms with Crippen molar-refractivity contribution in [1.29, 1.82) is 0 Å². The summed E-state index contributed by atoms with van der Waals surface area (Å²) in [6.07, 6.45) is 0.600. The van der Waals surface area contributed by atoms with E-state index in [1.807, 2.05) is 25.1 Å². The van der Waals surface area contributed by atoms with Crippen molar-refractivity contribution in [2.45, 2.75) is 19.9 Å². The number of benzene rings is 2. The summed E-state index contributed by atoms with van der Waals surface area (Å²) in [4.78, 5) is 19.0. The van der Waals surface area contributed by atoms with Crippen molar-refractivity contribution < 1.29 is 18.3 Å². The lowest BCUT2D eigenvalue weighted by Crippen LogP contribution is -2.26. The van der Waals surface area contributed by atoms with E-state index in [1.165, 1.54) is 18.3 Å². The second-order valence-electron chi connectivity index (χ2n) is 7.34. The molecule has 1 amide bonds. The third-order valence-corrected chi connectivity index (χ3v) is 5.13. The number of rotatable bonds is 7. The maximum absolute atomic E-state index is 13.1. The van der Waals surface area contributed by atoms with Gasteiger partial charge in [0.15, 0.2) is 0 Å². The molecular weight excluding hydrogens is 414 g/mol. The van der Waals surface area contributed by atoms with Crippen LogP contribution >= 0.6 is 0 Å². The largest absolute Gasteiger partial charge is 0.492 e. The normalized spacial score (nSPS) is 11.2. The Kier molecular flexibility index (Phi) is 6.11. The number of carbonyl (C=O) groups excluding carboxylic acids is 1. The molecular formula is C24H22F2N4O2. The lowest BCUT2D eigenvalue weighted by molar-refractivity contribution is 0.0784. The number of aromatic nitrogens is 3. The Morgan fingerprint density at radius 3 is 2.75 bits per heavy atom. The summed E-state index contributed by atoms with van der Waals surface area (Å²) < 4.78 is 31.9. The number of halogens is 2. The van der Waals surface area contributed by atoms with Crippen LogP contribution in [0.4, 0.5) is 8.78 Å². The van der Waals surface area contributed by atoms with Gasteiger partial charge in [-0.1, -0.05) is 36.4 Å². The fourth-order valence-corrected chi connectivity index (χ4v) is 3.58. The summed E-state index contributed by atoms with van der Waals surface area (Å²) in [5, 5.41) is 7.99. The van der Waals surface area contributed by atoms with Crippen molar-refractivity contribution in [3.63, 3.8) is 0 Å². The molecule has 4 rings (SSSR count). The van der Waals surface area contributed by atoms with Gasteiger partial charge in [0.2, 0.25) is 0 Å². The van der Waals surface area contributed by atoms with E-state index in [0.717, 1.165) is 16.5 Å². The Balaban J connectivity index is 1.62. The van der Waals surface area contributed by atoms with Gasteiger partial charge in [0.1, 0.15) is 11.4 Å². The van der Waals surface area contributed by atoms with Gasteiger partial charge in [-0.05, 0) is 24.6 Å². The molecule has 0 fully saturated rings. The maximum Gasteiger partial charge on any atom is 0.263 e. The van der Waals surface area contributed by atoms with Crippen LogP contribution in [0.5, 0.6) is 5.75 Å². The van der Waals surface area contributed by atoms with E-state index in [2.05, 4.69) is 15.2 Å². The molecule has 0 atom stereocenters. The average Bonchev–Trinajstić information content (AvgIpc) is 3.29. The van der Waals surface area contributed by atoms with Gasteiger partial charge >= 0.3 is 0 Å². The van der Waals surface area contributed by atoms with Crippen LogP contribution in [-0.2, 0) is 6.54 Å². The van der Waals surface area contributed by atoms with Gasteiger partial charge in [-0.15, -0.1) is 0 Å². The van der Waals surface area contributed by atoms with Crippen molar-refractivity contribution in [3.05, 3.63) is 77.6 Å². The molecule has 1 N–H and O–H groups in total. The molecule has 0 aliphatic rings. The van der Waals surface area contributed by atoms with Crippen molar-refractivity contribution in [2.24, 2.45) is 0 Å². The molecule has 0 aliphatic carbocycles. The summed E-state index contributed by atoms with van der Waals surface area (Å²) >= 11 is 0. The van der Waals surface area contributed by atoms with E-state index in [1.54, 1.807) is 36.3 Å². The SMILES string of the molecule is CCOc1cc(C(=O)N(C)Cc2cccc3cn[nH]c23)cnc1-c1cccc(C(F)F)c1. The van der Waals surface area contributed by atoms with E-state index in [0.29, 0.717) is 35.7 Å². The molecule has 0 aliphatic heterocycles. The van der Waals surface area contributed by atoms with Crippen LogP contribution in [-0.4, -0.2) is 39.6 Å². The average molecular weight is 436 g/mol. The quantitative estimate of drug-likeness (QED) is 0.430. The molecule has 0 unspecified atom stereocenters. The topological polar surface area (TPSA) is 71.1 Å². The number of hydrogen-bond acceptors (Lipinski definition) is 4. The van der Waals surface area contributed by atoms with Gasteiger partial charge in [0.05, 0.1) is 23.9 Å². The van der Waals surface area contributed by atoms with Crippen molar-refractivity contribution >= 4 is 16.8 Å². The third-order valence-electron chi connectivity index (χ3n) is 5.13. The summed E-state index contributed by atoms with van der Waals surface area (Å²) in [5.74, 6) is 0.136. The minimum Gasteiger partial charge on any atom is -0.492 e. The number of nitrogens with zero attached hydrogens (tertiary/aromatic N) is 3. The standard InChI is InChI=1S/C24H22F2N4O2/c1-3-32-20-11-19(12-27-22(20)15-6-4-7-16(10-15)23(25)26)24(31)30(2)14-18-9-5-8-17-13-28-29-21(17)18/h4-13,23H,3,14H2,1-2H3,(H,28,29). The van der Waals surface area contributed by atoms with E-state index >= 15 is 0 Å². The number of aromatic amines is 1. The van der Waals surface area contributed by atoms with E-state index in [4.69, 9.17) is 4.74 Å². The number of nitrogens with one attached hydrogen (secondary N) is 1. The molecule has 32 heavy (non-hydrogen) atoms. The van der Waals surface area contributed by atoms with Crippen LogP contribution in [0.15, 0.2) is 60.9 Å². The molecule has 4 aromatic rings. The Morgan fingerprint density at radius 1 is 1.16 bits per heavy atom. The van der Waals surface area contributed by atoms with Gasteiger partial charge in [0, 0.05) is 36.3 Å². The monoisotopic (exact) mass is 436 g/mol. The molecule has 0 saturated carbocycles. The Morgan fingerprint density at radius 2 is 1.97 bits per heavy atom. The van der Waals surface area contributed by atoms with Crippen LogP contribution in [0.1, 0.15) is 34.8 Å². The zero-order valence-electron chi connectivity index (χ0n) is 17.7. The zero-order chi connectivity index (χ0) is 22.7. The molecule has 2 heterocycles. The molecule has 0 bridgehead atoms. The maximum atomic E-state index is 13.1. The predicted octanol–water partition coefficient (Wildman–Crippen LogP) is 5.23. The second-order valence-corrected chi connectivity index (χ2v) is 7.34. The summed E-state index contributed by atoms with van der Waals surface area (Å²) in [5.41, 5.74) is 2.99. The minimum absolute atomic E-state index is 0.0976. The second kappa shape index (κ2) is 9.13. The van der Waals surface area contributed by atoms with Gasteiger partial charge in [-0.25, -0.2) is 8.78 Å². The molecule has 2 aromatic heterocycles. The van der Waals surface area contributed by atoms with Gasteiger partial charge in [-0.3, -0.25) is 14.9 Å². The lowest BCUT2D eigenvalue weighted by atomic mass is 10.1. The highest BCUT2D eigenvalue weighted by molar-refractivity contribution is 5.95. The number of ether oxygens (including phenoxy) is 1. The summed E-state index contributed by atoms with van der Waals surface area (Å²) in [7, 11) is 1.71. The zero-order valence-corrected chi connectivity index (χ0v) is 17.7. The molecule has 164 valence electrons. The van der Waals surface area contributed by atoms with Crippen molar-refractivity contribution in [2.75, 3.05) is 13.7 Å². The van der Waals surface area contributed by atoms with Crippen LogP contribution in [0.25, 0.3) is 22.2 Å². The summed E-state index contributed by atoms with van der Waals surface area (Å²) in [6, 6.07) is 13.4. The molecule has 8 heteroatoms. The highest BCUT2D eigenvalue weighted by Gasteiger charge is 2.18. The molecule has 2 aromatic carbocycles. The Labute approximate surface area is 183 Å². The Bertz CT molecular complexity index is 1260. The number of carbonyl (C=O) groups is 1. The number of fused-ring (bicyclic) bond motifs is 1. The highest BCUT2D eigenvalue weighted by Crippen LogP contribution is 2.32. The van der Waals surface area contributed by atoms with Crippen molar-refractivity contribution in [1.82, 2.24) is 20.1 Å². The van der Waals surface area contributed by atoms with Crippen molar-refractivity contribution in [3.8, 4) is 17.0 Å². The Hall–Kier alpha value is -3.81. The number of H-pyrrole nitrogens is 1. The number of amides is 1. The number of hydrogen-bond donors (Lipinski definition) is 1. The molecule has 6 nitrogen and oxygen atoms in total. The van der Waals surface area contributed by atoms with Crippen LogP contribution in [0, 0.1) is 0 Å². The fraction of sp³-hybridized carbons (Fsp3) is 0.208. The molecule has 0 saturated heterocycles. The van der Waals surface area contributed by atoms with Gasteiger partial charge in [0.25, 0.3) is 12.3 Å². The molecule has 0 radical (unpaired) electrons. The first-order chi connectivity index (χ1) is 15.5. The van der Waals surface area contributed by atoms with E-state index < -0.39 is 6.43 Å². The third kappa shape index (κ3) is 4.30. The first-order valence-corrected chi connectivity index (χ1v) is 10.2.